The maximum atomic E-state index is 4.35. The summed E-state index contributed by atoms with van der Waals surface area (Å²) in [6.45, 7) is 9.08. The Morgan fingerprint density at radius 1 is 1.62 bits per heavy atom. The largest absolute Gasteiger partial charge is 0.309 e. The van der Waals surface area contributed by atoms with Gasteiger partial charge in [0, 0.05) is 23.7 Å². The highest BCUT2D eigenvalue weighted by molar-refractivity contribution is 7.11. The lowest BCUT2D eigenvalue weighted by molar-refractivity contribution is 0.502. The molecule has 0 saturated heterocycles. The van der Waals surface area contributed by atoms with E-state index in [4.69, 9.17) is 0 Å². The van der Waals surface area contributed by atoms with Crippen molar-refractivity contribution in [1.29, 1.82) is 0 Å². The molecule has 90 valence electrons. The zero-order chi connectivity index (χ0) is 11.8. The maximum absolute atomic E-state index is 4.35. The summed E-state index contributed by atoms with van der Waals surface area (Å²) in [5, 5.41) is 4.76. The molecule has 0 bridgehead atoms. The summed E-state index contributed by atoms with van der Waals surface area (Å²) in [4.78, 5) is 5.69. The Hall–Kier alpha value is -0.670. The van der Waals surface area contributed by atoms with E-state index in [9.17, 15) is 0 Å². The summed E-state index contributed by atoms with van der Waals surface area (Å²) in [7, 11) is 0. The lowest BCUT2D eigenvalue weighted by atomic mass is 10.1. The van der Waals surface area contributed by atoms with Crippen LogP contribution in [-0.4, -0.2) is 11.0 Å². The molecule has 1 aromatic rings. The van der Waals surface area contributed by atoms with E-state index in [2.05, 4.69) is 30.7 Å². The molecule has 0 aliphatic rings. The molecule has 1 aromatic heterocycles. The van der Waals surface area contributed by atoms with Gasteiger partial charge in [-0.25, -0.2) is 4.98 Å². The first kappa shape index (κ1) is 13.4. The summed E-state index contributed by atoms with van der Waals surface area (Å²) in [5.41, 5.74) is 0. The first-order valence-corrected chi connectivity index (χ1v) is 6.85. The predicted octanol–water partition coefficient (Wildman–Crippen LogP) is 3.54. The molecule has 2 nitrogen and oxygen atoms in total. The third-order valence-electron chi connectivity index (χ3n) is 2.57. The Labute approximate surface area is 103 Å². The summed E-state index contributed by atoms with van der Waals surface area (Å²) in [6.07, 6.45) is 8.58. The van der Waals surface area contributed by atoms with Crippen LogP contribution in [0, 0.1) is 0 Å². The number of hydrogen-bond acceptors (Lipinski definition) is 3. The fraction of sp³-hybridized carbons (Fsp3) is 0.615. The summed E-state index contributed by atoms with van der Waals surface area (Å²) >= 11 is 1.81. The minimum absolute atomic E-state index is 0.576. The topological polar surface area (TPSA) is 24.9 Å². The molecule has 0 radical (unpaired) electrons. The number of unbranched alkanes of at least 4 members (excludes halogenated alkanes) is 1. The molecule has 0 aromatic carbocycles. The Balaban J connectivity index is 2.20. The van der Waals surface area contributed by atoms with Gasteiger partial charge in [0.15, 0.2) is 0 Å². The molecule has 1 N–H and O–H groups in total. The molecule has 0 amide bonds. The van der Waals surface area contributed by atoms with Crippen molar-refractivity contribution in [3.8, 4) is 0 Å². The molecule has 1 rings (SSSR count). The average Bonchev–Trinajstić information content (AvgIpc) is 2.74. The van der Waals surface area contributed by atoms with Gasteiger partial charge < -0.3 is 5.32 Å². The highest BCUT2D eigenvalue weighted by Crippen LogP contribution is 2.13. The van der Waals surface area contributed by atoms with E-state index in [1.807, 2.05) is 23.6 Å². The van der Waals surface area contributed by atoms with Crippen molar-refractivity contribution in [2.75, 3.05) is 0 Å². The van der Waals surface area contributed by atoms with Gasteiger partial charge in [0.25, 0.3) is 0 Å². The fourth-order valence-corrected chi connectivity index (χ4v) is 2.35. The summed E-state index contributed by atoms with van der Waals surface area (Å²) in [5.74, 6) is 0. The second-order valence-corrected chi connectivity index (χ2v) is 5.28. The van der Waals surface area contributed by atoms with Gasteiger partial charge in [-0.1, -0.05) is 13.0 Å². The lowest BCUT2D eigenvalue weighted by Gasteiger charge is -2.11. The van der Waals surface area contributed by atoms with Crippen molar-refractivity contribution in [3.05, 3.63) is 28.7 Å². The quantitative estimate of drug-likeness (QED) is 0.553. The van der Waals surface area contributed by atoms with E-state index in [1.54, 1.807) is 0 Å². The van der Waals surface area contributed by atoms with Crippen LogP contribution in [0.15, 0.2) is 18.9 Å². The Morgan fingerprint density at radius 3 is 3.06 bits per heavy atom. The van der Waals surface area contributed by atoms with Gasteiger partial charge in [0.05, 0.1) is 5.01 Å². The van der Waals surface area contributed by atoms with Gasteiger partial charge >= 0.3 is 0 Å². The normalized spacial score (nSPS) is 12.6. The van der Waals surface area contributed by atoms with Crippen LogP contribution >= 0.6 is 11.3 Å². The van der Waals surface area contributed by atoms with Crippen LogP contribution in [0.4, 0.5) is 0 Å². The number of hydrogen-bond donors (Lipinski definition) is 1. The Bertz CT molecular complexity index is 307. The van der Waals surface area contributed by atoms with Gasteiger partial charge in [-0.3, -0.25) is 0 Å². The molecular weight excluding hydrogens is 216 g/mol. The van der Waals surface area contributed by atoms with Crippen molar-refractivity contribution in [3.63, 3.8) is 0 Å². The van der Waals surface area contributed by atoms with Crippen LogP contribution in [0.5, 0.6) is 0 Å². The van der Waals surface area contributed by atoms with Crippen molar-refractivity contribution < 1.29 is 0 Å². The highest BCUT2D eigenvalue weighted by atomic mass is 32.1. The first-order valence-electron chi connectivity index (χ1n) is 6.04. The van der Waals surface area contributed by atoms with Crippen LogP contribution in [0.1, 0.15) is 43.0 Å². The summed E-state index contributed by atoms with van der Waals surface area (Å²) < 4.78 is 0. The molecule has 0 spiro atoms. The summed E-state index contributed by atoms with van der Waals surface area (Å²) in [6, 6.07) is 0.576. The van der Waals surface area contributed by atoms with Crippen LogP contribution < -0.4 is 5.32 Å². The number of aryl methyl sites for hydroxylation is 1. The smallest absolute Gasteiger partial charge is 0.0925 e. The van der Waals surface area contributed by atoms with Gasteiger partial charge in [0.1, 0.15) is 0 Å². The average molecular weight is 238 g/mol. The van der Waals surface area contributed by atoms with Gasteiger partial charge in [-0.15, -0.1) is 17.9 Å². The molecular formula is C13H22N2S. The van der Waals surface area contributed by atoms with E-state index < -0.39 is 0 Å². The number of nitrogens with zero attached hydrogens (tertiary/aromatic N) is 1. The molecule has 1 heterocycles. The molecule has 16 heavy (non-hydrogen) atoms. The highest BCUT2D eigenvalue weighted by Gasteiger charge is 2.03. The fourth-order valence-electron chi connectivity index (χ4n) is 1.54. The third-order valence-corrected chi connectivity index (χ3v) is 3.72. The molecule has 0 saturated carbocycles. The van der Waals surface area contributed by atoms with Crippen LogP contribution in [0.2, 0.25) is 0 Å². The van der Waals surface area contributed by atoms with E-state index in [-0.39, 0.29) is 0 Å². The van der Waals surface area contributed by atoms with Crippen molar-refractivity contribution >= 4 is 11.3 Å². The van der Waals surface area contributed by atoms with E-state index in [1.165, 1.54) is 22.7 Å². The second-order valence-electron chi connectivity index (χ2n) is 4.08. The predicted molar refractivity (Wildman–Crippen MR) is 71.8 cm³/mol. The lowest BCUT2D eigenvalue weighted by Crippen LogP contribution is -2.24. The van der Waals surface area contributed by atoms with Crippen molar-refractivity contribution in [2.45, 2.75) is 52.1 Å². The van der Waals surface area contributed by atoms with Gasteiger partial charge in [0.2, 0.25) is 0 Å². The molecule has 1 atom stereocenters. The third kappa shape index (κ3) is 4.90. The van der Waals surface area contributed by atoms with E-state index >= 15 is 0 Å². The molecule has 1 unspecified atom stereocenters. The second kappa shape index (κ2) is 7.58. The van der Waals surface area contributed by atoms with Gasteiger partial charge in [-0.05, 0) is 32.6 Å². The maximum Gasteiger partial charge on any atom is 0.0925 e. The van der Waals surface area contributed by atoms with Crippen LogP contribution in [-0.2, 0) is 13.0 Å². The zero-order valence-corrected chi connectivity index (χ0v) is 11.1. The Morgan fingerprint density at radius 2 is 2.44 bits per heavy atom. The van der Waals surface area contributed by atoms with Crippen molar-refractivity contribution in [1.82, 2.24) is 10.3 Å². The van der Waals surface area contributed by atoms with Crippen LogP contribution in [0.3, 0.4) is 0 Å². The molecule has 3 heteroatoms. The molecule has 0 fully saturated rings. The minimum atomic E-state index is 0.576. The van der Waals surface area contributed by atoms with E-state index in [0.29, 0.717) is 6.04 Å². The number of thiazole rings is 1. The standard InChI is InChI=1S/C13H22N2S/c1-4-6-7-8-11(3)14-9-12-10-15-13(5-2)16-12/h4,10-11,14H,1,5-9H2,2-3H3. The van der Waals surface area contributed by atoms with E-state index in [0.717, 1.165) is 19.4 Å². The number of allylic oxidation sites excluding steroid dienone is 1. The van der Waals surface area contributed by atoms with Gasteiger partial charge in [-0.2, -0.15) is 0 Å². The molecule has 0 aliphatic heterocycles. The minimum Gasteiger partial charge on any atom is -0.309 e. The van der Waals surface area contributed by atoms with Crippen LogP contribution in [0.25, 0.3) is 0 Å². The zero-order valence-electron chi connectivity index (χ0n) is 10.3. The number of aromatic nitrogens is 1. The Kier molecular flexibility index (Phi) is 6.34. The monoisotopic (exact) mass is 238 g/mol. The SMILES string of the molecule is C=CCCCC(C)NCc1cnc(CC)s1. The molecule has 0 aliphatic carbocycles. The van der Waals surface area contributed by atoms with Crippen molar-refractivity contribution in [2.24, 2.45) is 0 Å². The first-order chi connectivity index (χ1) is 7.76. The number of nitrogens with one attached hydrogen (secondary N) is 1. The number of rotatable bonds is 8.